The minimum absolute atomic E-state index is 0.244. The molecule has 0 spiro atoms. The van der Waals surface area contributed by atoms with Crippen molar-refractivity contribution >= 4 is 10.0 Å². The molecular formula is C15H24N2O3S. The second kappa shape index (κ2) is 8.36. The first-order valence-corrected chi connectivity index (χ1v) is 9.17. The molecule has 1 aliphatic heterocycles. The monoisotopic (exact) mass is 312 g/mol. The lowest BCUT2D eigenvalue weighted by Gasteiger charge is -2.22. The SMILES string of the molecule is O=S(=O)(CC1CCNCC1)NCCCOc1ccccc1. The lowest BCUT2D eigenvalue weighted by Crippen LogP contribution is -2.36. The number of hydrogen-bond donors (Lipinski definition) is 2. The molecule has 0 radical (unpaired) electrons. The van der Waals surface area contributed by atoms with Crippen LogP contribution in [0, 0.1) is 5.92 Å². The van der Waals surface area contributed by atoms with E-state index in [2.05, 4.69) is 10.0 Å². The van der Waals surface area contributed by atoms with Crippen LogP contribution in [0.1, 0.15) is 19.3 Å². The predicted octanol–water partition coefficient (Wildman–Crippen LogP) is 1.37. The Kier molecular flexibility index (Phi) is 6.48. The van der Waals surface area contributed by atoms with Crippen LogP contribution in [-0.2, 0) is 10.0 Å². The Bertz CT molecular complexity index is 499. The van der Waals surface area contributed by atoms with Crippen molar-refractivity contribution < 1.29 is 13.2 Å². The van der Waals surface area contributed by atoms with Crippen molar-refractivity contribution in [2.24, 2.45) is 5.92 Å². The molecule has 1 saturated heterocycles. The fourth-order valence-electron chi connectivity index (χ4n) is 2.42. The molecule has 5 nitrogen and oxygen atoms in total. The molecule has 2 rings (SSSR count). The zero-order chi connectivity index (χ0) is 15.0. The van der Waals surface area contributed by atoms with Crippen LogP contribution in [-0.4, -0.2) is 40.4 Å². The average Bonchev–Trinajstić information content (AvgIpc) is 2.48. The normalized spacial score (nSPS) is 16.8. The van der Waals surface area contributed by atoms with Crippen molar-refractivity contribution in [2.45, 2.75) is 19.3 Å². The van der Waals surface area contributed by atoms with Gasteiger partial charge in [0, 0.05) is 6.54 Å². The molecule has 118 valence electrons. The third-order valence-corrected chi connectivity index (χ3v) is 5.12. The summed E-state index contributed by atoms with van der Waals surface area (Å²) in [6, 6.07) is 9.54. The molecule has 1 aliphatic rings. The Balaban J connectivity index is 1.60. The number of rotatable bonds is 8. The summed E-state index contributed by atoms with van der Waals surface area (Å²) in [5.41, 5.74) is 0. The van der Waals surface area contributed by atoms with E-state index in [1.54, 1.807) is 0 Å². The maximum atomic E-state index is 12.0. The van der Waals surface area contributed by atoms with E-state index in [-0.39, 0.29) is 11.7 Å². The molecule has 1 fully saturated rings. The number of piperidine rings is 1. The van der Waals surface area contributed by atoms with Gasteiger partial charge in [-0.3, -0.25) is 0 Å². The second-order valence-corrected chi connectivity index (χ2v) is 7.24. The Morgan fingerprint density at radius 1 is 1.19 bits per heavy atom. The van der Waals surface area contributed by atoms with Crippen molar-refractivity contribution in [2.75, 3.05) is 32.0 Å². The maximum absolute atomic E-state index is 12.0. The Labute approximate surface area is 127 Å². The Morgan fingerprint density at radius 2 is 1.90 bits per heavy atom. The van der Waals surface area contributed by atoms with Crippen LogP contribution in [0.15, 0.2) is 30.3 Å². The van der Waals surface area contributed by atoms with Gasteiger partial charge in [0.25, 0.3) is 0 Å². The minimum atomic E-state index is -3.16. The van der Waals surface area contributed by atoms with Gasteiger partial charge in [0.05, 0.1) is 12.4 Å². The number of benzene rings is 1. The standard InChI is InChI=1S/C15H24N2O3S/c18-21(19,13-14-7-10-16-11-8-14)17-9-4-12-20-15-5-2-1-3-6-15/h1-3,5-6,14,16-17H,4,7-13H2. The van der Waals surface area contributed by atoms with Crippen molar-refractivity contribution in [1.29, 1.82) is 0 Å². The van der Waals surface area contributed by atoms with Gasteiger partial charge < -0.3 is 10.1 Å². The van der Waals surface area contributed by atoms with Crippen LogP contribution in [0.3, 0.4) is 0 Å². The number of para-hydroxylation sites is 1. The number of sulfonamides is 1. The molecule has 1 aromatic carbocycles. The molecule has 1 aromatic rings. The largest absolute Gasteiger partial charge is 0.494 e. The molecule has 0 aromatic heterocycles. The summed E-state index contributed by atoms with van der Waals surface area (Å²) in [5.74, 6) is 1.34. The van der Waals surface area contributed by atoms with Gasteiger partial charge in [-0.25, -0.2) is 13.1 Å². The van der Waals surface area contributed by atoms with Gasteiger partial charge in [0.1, 0.15) is 5.75 Å². The smallest absolute Gasteiger partial charge is 0.211 e. The van der Waals surface area contributed by atoms with Gasteiger partial charge in [-0.05, 0) is 50.4 Å². The van der Waals surface area contributed by atoms with Crippen LogP contribution >= 0.6 is 0 Å². The number of hydrogen-bond acceptors (Lipinski definition) is 4. The first kappa shape index (κ1) is 16.3. The first-order chi connectivity index (χ1) is 10.2. The van der Waals surface area contributed by atoms with E-state index in [4.69, 9.17) is 4.74 Å². The lowest BCUT2D eigenvalue weighted by molar-refractivity contribution is 0.311. The summed E-state index contributed by atoms with van der Waals surface area (Å²) < 4.78 is 32.1. The summed E-state index contributed by atoms with van der Waals surface area (Å²) in [6.07, 6.45) is 2.55. The average molecular weight is 312 g/mol. The topological polar surface area (TPSA) is 67.4 Å². The molecule has 0 atom stereocenters. The molecular weight excluding hydrogens is 288 g/mol. The van der Waals surface area contributed by atoms with Crippen LogP contribution in [0.25, 0.3) is 0 Å². The molecule has 1 heterocycles. The summed E-state index contributed by atoms with van der Waals surface area (Å²) in [4.78, 5) is 0. The summed E-state index contributed by atoms with van der Waals surface area (Å²) >= 11 is 0. The third kappa shape index (κ3) is 6.46. The van der Waals surface area contributed by atoms with Gasteiger partial charge in [-0.2, -0.15) is 0 Å². The van der Waals surface area contributed by atoms with Crippen molar-refractivity contribution in [1.82, 2.24) is 10.0 Å². The number of nitrogens with one attached hydrogen (secondary N) is 2. The van der Waals surface area contributed by atoms with E-state index < -0.39 is 10.0 Å². The van der Waals surface area contributed by atoms with Crippen LogP contribution in [0.4, 0.5) is 0 Å². The van der Waals surface area contributed by atoms with Crippen LogP contribution in [0.5, 0.6) is 5.75 Å². The molecule has 0 unspecified atom stereocenters. The zero-order valence-corrected chi connectivity index (χ0v) is 13.1. The summed E-state index contributed by atoms with van der Waals surface area (Å²) in [5, 5.41) is 3.24. The highest BCUT2D eigenvalue weighted by atomic mass is 32.2. The van der Waals surface area contributed by atoms with E-state index >= 15 is 0 Å². The van der Waals surface area contributed by atoms with Gasteiger partial charge in [-0.1, -0.05) is 18.2 Å². The van der Waals surface area contributed by atoms with E-state index in [1.165, 1.54) is 0 Å². The van der Waals surface area contributed by atoms with Crippen molar-refractivity contribution in [3.8, 4) is 5.75 Å². The van der Waals surface area contributed by atoms with Gasteiger partial charge in [0.2, 0.25) is 10.0 Å². The fraction of sp³-hybridized carbons (Fsp3) is 0.600. The molecule has 0 aliphatic carbocycles. The molecule has 2 N–H and O–H groups in total. The second-order valence-electron chi connectivity index (χ2n) is 5.38. The third-order valence-electron chi connectivity index (χ3n) is 3.57. The van der Waals surface area contributed by atoms with E-state index in [0.29, 0.717) is 19.6 Å². The van der Waals surface area contributed by atoms with Gasteiger partial charge in [-0.15, -0.1) is 0 Å². The van der Waals surface area contributed by atoms with E-state index in [9.17, 15) is 8.42 Å². The summed E-state index contributed by atoms with van der Waals surface area (Å²) in [6.45, 7) is 2.79. The van der Waals surface area contributed by atoms with Crippen LogP contribution in [0.2, 0.25) is 0 Å². The van der Waals surface area contributed by atoms with E-state index in [1.807, 2.05) is 30.3 Å². The predicted molar refractivity (Wildman–Crippen MR) is 83.9 cm³/mol. The molecule has 0 amide bonds. The van der Waals surface area contributed by atoms with Gasteiger partial charge >= 0.3 is 0 Å². The quantitative estimate of drug-likeness (QED) is 0.712. The highest BCUT2D eigenvalue weighted by Gasteiger charge is 2.20. The summed E-state index contributed by atoms with van der Waals surface area (Å²) in [7, 11) is -3.16. The highest BCUT2D eigenvalue weighted by molar-refractivity contribution is 7.89. The lowest BCUT2D eigenvalue weighted by atomic mass is 10.0. The zero-order valence-electron chi connectivity index (χ0n) is 12.3. The van der Waals surface area contributed by atoms with Crippen molar-refractivity contribution in [3.05, 3.63) is 30.3 Å². The molecule has 6 heteroatoms. The van der Waals surface area contributed by atoms with Crippen molar-refractivity contribution in [3.63, 3.8) is 0 Å². The maximum Gasteiger partial charge on any atom is 0.211 e. The molecule has 0 saturated carbocycles. The minimum Gasteiger partial charge on any atom is -0.494 e. The molecule has 21 heavy (non-hydrogen) atoms. The van der Waals surface area contributed by atoms with E-state index in [0.717, 1.165) is 31.7 Å². The number of ether oxygens (including phenoxy) is 1. The van der Waals surface area contributed by atoms with Gasteiger partial charge in [0.15, 0.2) is 0 Å². The Morgan fingerprint density at radius 3 is 2.62 bits per heavy atom. The fourth-order valence-corrected chi connectivity index (χ4v) is 3.95. The van der Waals surface area contributed by atoms with Crippen LogP contribution < -0.4 is 14.8 Å². The molecule has 0 bridgehead atoms. The first-order valence-electron chi connectivity index (χ1n) is 7.52. The highest BCUT2D eigenvalue weighted by Crippen LogP contribution is 2.13. The Hall–Kier alpha value is -1.11.